The van der Waals surface area contributed by atoms with Gasteiger partial charge in [-0.25, -0.2) is 8.42 Å². The van der Waals surface area contributed by atoms with Crippen LogP contribution in [0.4, 0.5) is 0 Å². The summed E-state index contributed by atoms with van der Waals surface area (Å²) in [6.45, 7) is 4.28. The van der Waals surface area contributed by atoms with Crippen molar-refractivity contribution in [2.75, 3.05) is 37.7 Å². The maximum Gasteiger partial charge on any atom is 0.253 e. The van der Waals surface area contributed by atoms with E-state index in [1.165, 1.54) is 0 Å². The minimum Gasteiger partial charge on any atom is -0.337 e. The van der Waals surface area contributed by atoms with Crippen LogP contribution in [0.5, 0.6) is 0 Å². The number of benzene rings is 1. The third-order valence-corrected chi connectivity index (χ3v) is 6.37. The van der Waals surface area contributed by atoms with Gasteiger partial charge in [-0.15, -0.1) is 0 Å². The van der Waals surface area contributed by atoms with Gasteiger partial charge in [-0.1, -0.05) is 12.1 Å². The first-order valence-corrected chi connectivity index (χ1v) is 9.98. The minimum absolute atomic E-state index is 0.0209. The Labute approximate surface area is 142 Å². The Balaban J connectivity index is 1.60. The molecule has 1 amide bonds. The van der Waals surface area contributed by atoms with Crippen molar-refractivity contribution in [1.29, 1.82) is 0 Å². The number of hydrogen-bond acceptors (Lipinski definition) is 5. The zero-order valence-electron chi connectivity index (χ0n) is 13.8. The van der Waals surface area contributed by atoms with Crippen molar-refractivity contribution in [3.8, 4) is 0 Å². The summed E-state index contributed by atoms with van der Waals surface area (Å²) < 4.78 is 23.0. The number of rotatable bonds is 4. The van der Waals surface area contributed by atoms with Crippen molar-refractivity contribution >= 4 is 21.5 Å². The summed E-state index contributed by atoms with van der Waals surface area (Å²) in [6.07, 6.45) is 0. The third-order valence-electron chi connectivity index (χ3n) is 4.76. The second kappa shape index (κ2) is 6.64. The van der Waals surface area contributed by atoms with Crippen LogP contribution in [0.25, 0.3) is 0 Å². The quantitative estimate of drug-likeness (QED) is 0.794. The van der Waals surface area contributed by atoms with E-state index < -0.39 is 9.84 Å². The molecule has 2 aliphatic rings. The van der Waals surface area contributed by atoms with Crippen molar-refractivity contribution < 1.29 is 18.0 Å². The molecule has 7 heteroatoms. The Kier molecular flexibility index (Phi) is 4.73. The molecule has 130 valence electrons. The first-order valence-electron chi connectivity index (χ1n) is 8.15. The second-order valence-corrected chi connectivity index (χ2v) is 8.95. The highest BCUT2D eigenvalue weighted by Crippen LogP contribution is 2.20. The van der Waals surface area contributed by atoms with E-state index in [1.54, 1.807) is 17.9 Å². The van der Waals surface area contributed by atoms with Crippen molar-refractivity contribution in [2.45, 2.75) is 13.5 Å². The highest BCUT2D eigenvalue weighted by molar-refractivity contribution is 7.91. The summed E-state index contributed by atoms with van der Waals surface area (Å²) >= 11 is 0. The van der Waals surface area contributed by atoms with Crippen LogP contribution >= 0.6 is 0 Å². The highest BCUT2D eigenvalue weighted by atomic mass is 32.2. The Morgan fingerprint density at radius 1 is 1.17 bits per heavy atom. The topological polar surface area (TPSA) is 74.8 Å². The van der Waals surface area contributed by atoms with E-state index in [4.69, 9.17) is 0 Å². The number of Topliss-reactive ketones (excluding diaryl/α,β-unsaturated/α-hetero) is 1. The van der Waals surface area contributed by atoms with Gasteiger partial charge in [0.25, 0.3) is 5.91 Å². The summed E-state index contributed by atoms with van der Waals surface area (Å²) in [5.74, 6) is 0.466. The Hall–Kier alpha value is -1.73. The molecule has 6 nitrogen and oxygen atoms in total. The lowest BCUT2D eigenvalue weighted by Gasteiger charge is -2.37. The number of carbonyl (C=O) groups excluding carboxylic acids is 2. The number of carbonyl (C=O) groups is 2. The van der Waals surface area contributed by atoms with Gasteiger partial charge in [-0.3, -0.25) is 14.5 Å². The van der Waals surface area contributed by atoms with Crippen LogP contribution in [-0.2, 0) is 21.2 Å². The van der Waals surface area contributed by atoms with Crippen LogP contribution < -0.4 is 0 Å². The number of nitrogens with zero attached hydrogens (tertiary/aromatic N) is 2. The molecular formula is C17H22N2O4S. The van der Waals surface area contributed by atoms with Crippen LogP contribution in [0, 0.1) is 5.92 Å². The molecule has 2 aliphatic heterocycles. The molecule has 0 N–H and O–H groups in total. The van der Waals surface area contributed by atoms with Gasteiger partial charge < -0.3 is 4.90 Å². The summed E-state index contributed by atoms with van der Waals surface area (Å²) in [7, 11) is -2.88. The smallest absolute Gasteiger partial charge is 0.253 e. The van der Waals surface area contributed by atoms with Gasteiger partial charge in [-0.05, 0) is 24.6 Å². The van der Waals surface area contributed by atoms with Crippen LogP contribution in [0.2, 0.25) is 0 Å². The molecule has 0 spiro atoms. The maximum absolute atomic E-state index is 12.4. The molecule has 1 aromatic rings. The lowest BCUT2D eigenvalue weighted by molar-refractivity contribution is -0.124. The number of likely N-dealkylation sites (tertiary alicyclic amines) is 1. The van der Waals surface area contributed by atoms with Gasteiger partial charge in [0.2, 0.25) is 0 Å². The predicted octanol–water partition coefficient (Wildman–Crippen LogP) is 0.578. The van der Waals surface area contributed by atoms with E-state index in [0.717, 1.165) is 5.56 Å². The molecule has 0 bridgehead atoms. The Bertz CT molecular complexity index is 740. The maximum atomic E-state index is 12.4. The van der Waals surface area contributed by atoms with E-state index in [-0.39, 0.29) is 29.1 Å². The fourth-order valence-corrected chi connectivity index (χ4v) is 4.33. The van der Waals surface area contributed by atoms with Crippen molar-refractivity contribution in [3.05, 3.63) is 35.4 Å². The second-order valence-electron chi connectivity index (χ2n) is 6.65. The highest BCUT2D eigenvalue weighted by Gasteiger charge is 2.34. The molecule has 24 heavy (non-hydrogen) atoms. The van der Waals surface area contributed by atoms with Crippen LogP contribution in [-0.4, -0.2) is 67.6 Å². The Morgan fingerprint density at radius 2 is 1.83 bits per heavy atom. The van der Waals surface area contributed by atoms with E-state index >= 15 is 0 Å². The number of sulfone groups is 1. The summed E-state index contributed by atoms with van der Waals surface area (Å²) in [5, 5.41) is 0. The van der Waals surface area contributed by atoms with E-state index in [0.29, 0.717) is 38.3 Å². The van der Waals surface area contributed by atoms with Gasteiger partial charge in [0.05, 0.1) is 17.4 Å². The lowest BCUT2D eigenvalue weighted by atomic mass is 9.95. The fourth-order valence-electron chi connectivity index (χ4n) is 3.05. The van der Waals surface area contributed by atoms with Gasteiger partial charge >= 0.3 is 0 Å². The first kappa shape index (κ1) is 17.1. The molecular weight excluding hydrogens is 328 g/mol. The molecule has 0 atom stereocenters. The van der Waals surface area contributed by atoms with Crippen LogP contribution in [0.15, 0.2) is 24.3 Å². The average molecular weight is 350 g/mol. The van der Waals surface area contributed by atoms with Gasteiger partial charge in [0.1, 0.15) is 5.78 Å². The number of hydrogen-bond donors (Lipinski definition) is 0. The normalized spacial score (nSPS) is 21.3. The molecule has 0 aromatic heterocycles. The van der Waals surface area contributed by atoms with E-state index in [1.807, 2.05) is 18.2 Å². The summed E-state index contributed by atoms with van der Waals surface area (Å²) in [4.78, 5) is 27.5. The number of amides is 1. The third kappa shape index (κ3) is 3.84. The zero-order chi connectivity index (χ0) is 17.3. The summed E-state index contributed by atoms with van der Waals surface area (Å²) in [5.41, 5.74) is 1.63. The standard InChI is InChI=1S/C17H22N2O4S/c1-13(20)16-11-19(12-16)17(21)15-4-2-3-14(9-15)10-18-5-7-24(22,23)8-6-18/h2-4,9,16H,5-8,10-12H2,1H3. The van der Waals surface area contributed by atoms with Gasteiger partial charge in [0, 0.05) is 38.3 Å². The molecule has 2 heterocycles. The predicted molar refractivity (Wildman–Crippen MR) is 90.4 cm³/mol. The molecule has 3 rings (SSSR count). The molecule has 0 unspecified atom stereocenters. The fraction of sp³-hybridized carbons (Fsp3) is 0.529. The number of ketones is 1. The van der Waals surface area contributed by atoms with Crippen molar-refractivity contribution in [3.63, 3.8) is 0 Å². The zero-order valence-corrected chi connectivity index (χ0v) is 14.6. The van der Waals surface area contributed by atoms with Crippen molar-refractivity contribution in [1.82, 2.24) is 9.80 Å². The first-order chi connectivity index (χ1) is 11.3. The lowest BCUT2D eigenvalue weighted by Crippen LogP contribution is -2.52. The van der Waals surface area contributed by atoms with Crippen LogP contribution in [0.3, 0.4) is 0 Å². The minimum atomic E-state index is -2.88. The van der Waals surface area contributed by atoms with E-state index in [9.17, 15) is 18.0 Å². The van der Waals surface area contributed by atoms with Crippen molar-refractivity contribution in [2.24, 2.45) is 5.92 Å². The molecule has 0 saturated carbocycles. The van der Waals surface area contributed by atoms with Crippen LogP contribution in [0.1, 0.15) is 22.8 Å². The summed E-state index contributed by atoms with van der Waals surface area (Å²) in [6, 6.07) is 7.46. The van der Waals surface area contributed by atoms with Gasteiger partial charge in [-0.2, -0.15) is 0 Å². The molecule has 2 saturated heterocycles. The monoisotopic (exact) mass is 350 g/mol. The molecule has 0 aliphatic carbocycles. The average Bonchev–Trinajstić information content (AvgIpc) is 2.48. The SMILES string of the molecule is CC(=O)C1CN(C(=O)c2cccc(CN3CCS(=O)(=O)CC3)c2)C1. The molecule has 1 aromatic carbocycles. The largest absolute Gasteiger partial charge is 0.337 e. The molecule has 2 fully saturated rings. The molecule has 0 radical (unpaired) electrons. The Morgan fingerprint density at radius 3 is 2.46 bits per heavy atom. The van der Waals surface area contributed by atoms with E-state index in [2.05, 4.69) is 4.90 Å². The van der Waals surface area contributed by atoms with Gasteiger partial charge in [0.15, 0.2) is 9.84 Å².